The maximum Gasteiger partial charge on any atom is 0.264 e. The van der Waals surface area contributed by atoms with E-state index in [0.29, 0.717) is 17.9 Å². The van der Waals surface area contributed by atoms with Crippen LogP contribution in [0.15, 0.2) is 83.8 Å². The van der Waals surface area contributed by atoms with Crippen LogP contribution in [0.2, 0.25) is 0 Å². The molecule has 0 spiro atoms. The number of aryl methyl sites for hydroxylation is 1. The second kappa shape index (κ2) is 8.90. The van der Waals surface area contributed by atoms with Gasteiger partial charge in [-0.05, 0) is 57.0 Å². The van der Waals surface area contributed by atoms with Crippen molar-refractivity contribution in [3.8, 4) is 5.75 Å². The van der Waals surface area contributed by atoms with Crippen LogP contribution in [0.1, 0.15) is 25.0 Å². The molecule has 33 heavy (non-hydrogen) atoms. The number of carbonyl (C=O) groups excluding carboxylic acids is 1. The van der Waals surface area contributed by atoms with Gasteiger partial charge in [0.25, 0.3) is 15.9 Å². The average Bonchev–Trinajstić information content (AvgIpc) is 2.78. The third-order valence-corrected chi connectivity index (χ3v) is 7.38. The maximum atomic E-state index is 13.5. The van der Waals surface area contributed by atoms with Crippen LogP contribution >= 0.6 is 0 Å². The predicted molar refractivity (Wildman–Crippen MR) is 129 cm³/mol. The van der Waals surface area contributed by atoms with Crippen LogP contribution in [0.3, 0.4) is 0 Å². The van der Waals surface area contributed by atoms with Gasteiger partial charge in [-0.25, -0.2) is 8.42 Å². The molecular formula is C26H28N2O4S. The van der Waals surface area contributed by atoms with Crippen molar-refractivity contribution in [2.24, 2.45) is 0 Å². The molecule has 0 aromatic heterocycles. The summed E-state index contributed by atoms with van der Waals surface area (Å²) < 4.78 is 34.2. The minimum Gasteiger partial charge on any atom is -0.476 e. The van der Waals surface area contributed by atoms with Crippen LogP contribution in [0.5, 0.6) is 5.75 Å². The highest BCUT2D eigenvalue weighted by molar-refractivity contribution is 7.92. The van der Waals surface area contributed by atoms with Crippen molar-refractivity contribution >= 4 is 21.6 Å². The molecule has 1 atom stereocenters. The van der Waals surface area contributed by atoms with Crippen LogP contribution in [-0.2, 0) is 21.2 Å². The maximum absolute atomic E-state index is 13.5. The van der Waals surface area contributed by atoms with E-state index in [9.17, 15) is 13.2 Å². The van der Waals surface area contributed by atoms with Gasteiger partial charge in [0, 0.05) is 5.54 Å². The van der Waals surface area contributed by atoms with Gasteiger partial charge < -0.3 is 10.1 Å². The van der Waals surface area contributed by atoms with Crippen molar-refractivity contribution < 1.29 is 17.9 Å². The molecule has 0 aliphatic carbocycles. The molecule has 0 saturated carbocycles. The first-order valence-electron chi connectivity index (χ1n) is 10.9. The molecule has 3 aromatic rings. The van der Waals surface area contributed by atoms with Gasteiger partial charge in [-0.15, -0.1) is 0 Å². The lowest BCUT2D eigenvalue weighted by molar-refractivity contribution is -0.129. The van der Waals surface area contributed by atoms with Crippen molar-refractivity contribution in [2.75, 3.05) is 10.8 Å². The number of nitrogens with zero attached hydrogens (tertiary/aromatic N) is 1. The van der Waals surface area contributed by atoms with Crippen molar-refractivity contribution in [2.45, 2.75) is 43.7 Å². The van der Waals surface area contributed by atoms with E-state index in [1.165, 1.54) is 4.31 Å². The molecule has 1 aliphatic heterocycles. The minimum absolute atomic E-state index is 0.111. The summed E-state index contributed by atoms with van der Waals surface area (Å²) in [6.45, 7) is 5.67. The van der Waals surface area contributed by atoms with Crippen LogP contribution in [0, 0.1) is 6.92 Å². The lowest BCUT2D eigenvalue weighted by Crippen LogP contribution is -2.55. The number of sulfonamides is 1. The number of amides is 1. The van der Waals surface area contributed by atoms with Gasteiger partial charge in [0.2, 0.25) is 0 Å². The number of carbonyl (C=O) groups is 1. The molecule has 0 bridgehead atoms. The minimum atomic E-state index is -3.88. The SMILES string of the molecule is Cc1ccc(S(=O)(=O)N2C[C@H](C(=O)NC(C)(C)Cc3ccccc3)Oc3ccccc32)cc1. The van der Waals surface area contributed by atoms with Crippen molar-refractivity contribution in [1.29, 1.82) is 0 Å². The molecule has 7 heteroatoms. The molecule has 1 amide bonds. The van der Waals surface area contributed by atoms with Gasteiger partial charge in [0.05, 0.1) is 17.1 Å². The Balaban J connectivity index is 1.59. The molecular weight excluding hydrogens is 436 g/mol. The lowest BCUT2D eigenvalue weighted by atomic mass is 9.94. The predicted octanol–water partition coefficient (Wildman–Crippen LogP) is 4.09. The number of nitrogens with one attached hydrogen (secondary N) is 1. The summed E-state index contributed by atoms with van der Waals surface area (Å²) in [5.41, 5.74) is 1.94. The smallest absolute Gasteiger partial charge is 0.264 e. The molecule has 0 unspecified atom stereocenters. The summed E-state index contributed by atoms with van der Waals surface area (Å²) in [4.78, 5) is 13.4. The largest absolute Gasteiger partial charge is 0.476 e. The monoisotopic (exact) mass is 464 g/mol. The Bertz CT molecular complexity index is 1240. The average molecular weight is 465 g/mol. The number of benzene rings is 3. The van der Waals surface area contributed by atoms with E-state index in [4.69, 9.17) is 4.74 Å². The zero-order valence-electron chi connectivity index (χ0n) is 19.0. The van der Waals surface area contributed by atoms with Gasteiger partial charge in [-0.1, -0.05) is 60.2 Å². The Morgan fingerprint density at radius 3 is 2.33 bits per heavy atom. The van der Waals surface area contributed by atoms with E-state index < -0.39 is 21.7 Å². The number of fused-ring (bicyclic) bond motifs is 1. The third-order valence-electron chi connectivity index (χ3n) is 5.59. The summed E-state index contributed by atoms with van der Waals surface area (Å²) >= 11 is 0. The summed E-state index contributed by atoms with van der Waals surface area (Å²) in [6, 6.07) is 23.5. The van der Waals surface area contributed by atoms with Crippen LogP contribution in [-0.4, -0.2) is 32.5 Å². The van der Waals surface area contributed by atoms with Crippen LogP contribution in [0.4, 0.5) is 5.69 Å². The van der Waals surface area contributed by atoms with Gasteiger partial charge in [0.15, 0.2) is 6.10 Å². The van der Waals surface area contributed by atoms with Crippen molar-refractivity contribution in [3.63, 3.8) is 0 Å². The van der Waals surface area contributed by atoms with Crippen molar-refractivity contribution in [1.82, 2.24) is 5.32 Å². The molecule has 1 heterocycles. The first-order valence-corrected chi connectivity index (χ1v) is 12.3. The molecule has 1 N–H and O–H groups in total. The standard InChI is InChI=1S/C26H28N2O4S/c1-19-13-15-21(16-14-19)33(30,31)28-18-24(32-23-12-8-7-11-22(23)28)25(29)27-26(2,3)17-20-9-5-4-6-10-20/h4-16,24H,17-18H2,1-3H3,(H,27,29)/t24-/m1/s1. The fourth-order valence-corrected chi connectivity index (χ4v) is 5.44. The van der Waals surface area contributed by atoms with Crippen LogP contribution in [0.25, 0.3) is 0 Å². The van der Waals surface area contributed by atoms with Gasteiger partial charge >= 0.3 is 0 Å². The summed E-state index contributed by atoms with van der Waals surface area (Å²) in [7, 11) is -3.88. The van der Waals surface area contributed by atoms with Crippen LogP contribution < -0.4 is 14.4 Å². The first kappa shape index (κ1) is 22.9. The van der Waals surface area contributed by atoms with Gasteiger partial charge in [-0.2, -0.15) is 0 Å². The fraction of sp³-hybridized carbons (Fsp3) is 0.269. The van der Waals surface area contributed by atoms with E-state index in [2.05, 4.69) is 5.32 Å². The highest BCUT2D eigenvalue weighted by Crippen LogP contribution is 2.37. The molecule has 3 aromatic carbocycles. The van der Waals surface area contributed by atoms with E-state index in [0.717, 1.165) is 11.1 Å². The highest BCUT2D eigenvalue weighted by Gasteiger charge is 2.38. The zero-order chi connectivity index (χ0) is 23.6. The number of ether oxygens (including phenoxy) is 1. The number of anilines is 1. The fourth-order valence-electron chi connectivity index (χ4n) is 3.97. The van der Waals surface area contributed by atoms with E-state index >= 15 is 0 Å². The first-order chi connectivity index (χ1) is 15.7. The number of hydrogen-bond donors (Lipinski definition) is 1. The molecule has 4 rings (SSSR count). The quantitative estimate of drug-likeness (QED) is 0.596. The van der Waals surface area contributed by atoms with E-state index in [-0.39, 0.29) is 17.3 Å². The normalized spacial score (nSPS) is 16.0. The second-order valence-electron chi connectivity index (χ2n) is 8.96. The number of rotatable bonds is 6. The Kier molecular flexibility index (Phi) is 6.17. The third kappa shape index (κ3) is 5.03. The molecule has 0 saturated heterocycles. The molecule has 172 valence electrons. The second-order valence-corrected chi connectivity index (χ2v) is 10.8. The summed E-state index contributed by atoms with van der Waals surface area (Å²) in [5.74, 6) is 0.00925. The summed E-state index contributed by atoms with van der Waals surface area (Å²) in [5, 5.41) is 3.04. The Hall–Kier alpha value is -3.32. The van der Waals surface area contributed by atoms with Gasteiger partial charge in [-0.3, -0.25) is 9.10 Å². The Morgan fingerprint density at radius 2 is 1.64 bits per heavy atom. The van der Waals surface area contributed by atoms with Gasteiger partial charge in [0.1, 0.15) is 5.75 Å². The molecule has 0 fully saturated rings. The molecule has 6 nitrogen and oxygen atoms in total. The van der Waals surface area contributed by atoms with Crippen molar-refractivity contribution in [3.05, 3.63) is 90.0 Å². The molecule has 0 radical (unpaired) electrons. The number of para-hydroxylation sites is 2. The van der Waals surface area contributed by atoms with E-state index in [1.807, 2.05) is 51.1 Å². The summed E-state index contributed by atoms with van der Waals surface area (Å²) in [6.07, 6.45) is -0.343. The topological polar surface area (TPSA) is 75.7 Å². The number of hydrogen-bond acceptors (Lipinski definition) is 4. The Morgan fingerprint density at radius 1 is 1.00 bits per heavy atom. The Labute approximate surface area is 195 Å². The lowest BCUT2D eigenvalue weighted by Gasteiger charge is -2.36. The zero-order valence-corrected chi connectivity index (χ0v) is 19.8. The van der Waals surface area contributed by atoms with E-state index in [1.54, 1.807) is 48.5 Å². The molecule has 1 aliphatic rings. The highest BCUT2D eigenvalue weighted by atomic mass is 32.2.